The molecule has 72 valence electrons. The predicted octanol–water partition coefficient (Wildman–Crippen LogP) is 4.07. The minimum atomic E-state index is 0.605. The molecule has 0 amide bonds. The molecule has 0 nitrogen and oxygen atoms in total. The first kappa shape index (κ1) is 10.5. The van der Waals surface area contributed by atoms with E-state index in [1.807, 2.05) is 17.4 Å². The highest BCUT2D eigenvalue weighted by molar-refractivity contribution is 7.11. The van der Waals surface area contributed by atoms with Crippen molar-refractivity contribution in [3.05, 3.63) is 34.5 Å². The quantitative estimate of drug-likeness (QED) is 0.620. The largest absolute Gasteiger partial charge is 0.145 e. The minimum absolute atomic E-state index is 0.605. The summed E-state index contributed by atoms with van der Waals surface area (Å²) in [4.78, 5) is 3.02. The molecule has 0 radical (unpaired) electrons. The van der Waals surface area contributed by atoms with Crippen molar-refractivity contribution >= 4 is 11.3 Å². The maximum Gasteiger partial charge on any atom is 0.00539 e. The molecule has 1 heteroatoms. The van der Waals surface area contributed by atoms with Crippen LogP contribution in [0.1, 0.15) is 30.0 Å². The Morgan fingerprint density at radius 3 is 2.77 bits per heavy atom. The topological polar surface area (TPSA) is 0 Å². The Morgan fingerprint density at radius 2 is 2.15 bits per heavy atom. The standard InChI is InChI=1S/C12H18S/c1-4-6-11-7-8-12(13-11)9-10(3)5-2/h5,7-8,10H,2,4,6,9H2,1,3H3. The summed E-state index contributed by atoms with van der Waals surface area (Å²) in [5.41, 5.74) is 0. The fraction of sp³-hybridized carbons (Fsp3) is 0.500. The third-order valence-electron chi connectivity index (χ3n) is 2.14. The monoisotopic (exact) mass is 194 g/mol. The molecule has 0 N–H and O–H groups in total. The van der Waals surface area contributed by atoms with Gasteiger partial charge in [-0.25, -0.2) is 0 Å². The molecule has 0 saturated heterocycles. The van der Waals surface area contributed by atoms with E-state index < -0.39 is 0 Å². The Hall–Kier alpha value is -0.560. The summed E-state index contributed by atoms with van der Waals surface area (Å²) in [6.45, 7) is 8.25. The Morgan fingerprint density at radius 1 is 1.46 bits per heavy atom. The summed E-state index contributed by atoms with van der Waals surface area (Å²) in [6, 6.07) is 4.52. The zero-order valence-corrected chi connectivity index (χ0v) is 9.36. The summed E-state index contributed by atoms with van der Waals surface area (Å²) < 4.78 is 0. The van der Waals surface area contributed by atoms with Gasteiger partial charge in [-0.15, -0.1) is 17.9 Å². The Kier molecular flexibility index (Phi) is 4.23. The molecule has 0 aliphatic carbocycles. The second-order valence-corrected chi connectivity index (χ2v) is 4.79. The normalized spacial score (nSPS) is 12.8. The highest BCUT2D eigenvalue weighted by Gasteiger charge is 2.02. The average Bonchev–Trinajstić information content (AvgIpc) is 2.53. The zero-order valence-electron chi connectivity index (χ0n) is 8.55. The number of rotatable bonds is 5. The molecule has 1 unspecified atom stereocenters. The van der Waals surface area contributed by atoms with E-state index in [0.29, 0.717) is 5.92 Å². The fourth-order valence-electron chi connectivity index (χ4n) is 1.31. The van der Waals surface area contributed by atoms with Gasteiger partial charge in [-0.2, -0.15) is 0 Å². The van der Waals surface area contributed by atoms with Crippen molar-refractivity contribution in [3.63, 3.8) is 0 Å². The van der Waals surface area contributed by atoms with Crippen LogP contribution in [0.25, 0.3) is 0 Å². The summed E-state index contributed by atoms with van der Waals surface area (Å²) in [5.74, 6) is 0.605. The highest BCUT2D eigenvalue weighted by Crippen LogP contribution is 2.21. The molecule has 0 saturated carbocycles. The van der Waals surface area contributed by atoms with Gasteiger partial charge in [0.05, 0.1) is 0 Å². The molecular weight excluding hydrogens is 176 g/mol. The van der Waals surface area contributed by atoms with E-state index in [-0.39, 0.29) is 0 Å². The predicted molar refractivity (Wildman–Crippen MR) is 61.4 cm³/mol. The van der Waals surface area contributed by atoms with Crippen LogP contribution in [0, 0.1) is 5.92 Å². The van der Waals surface area contributed by atoms with E-state index >= 15 is 0 Å². The molecular formula is C12H18S. The van der Waals surface area contributed by atoms with Crippen LogP contribution in [0.2, 0.25) is 0 Å². The van der Waals surface area contributed by atoms with Gasteiger partial charge in [0.1, 0.15) is 0 Å². The molecule has 13 heavy (non-hydrogen) atoms. The molecule has 1 aromatic rings. The van der Waals surface area contributed by atoms with E-state index in [1.54, 1.807) is 0 Å². The summed E-state index contributed by atoms with van der Waals surface area (Å²) in [5, 5.41) is 0. The Bertz CT molecular complexity index is 260. The van der Waals surface area contributed by atoms with Gasteiger partial charge in [0, 0.05) is 9.75 Å². The van der Waals surface area contributed by atoms with Gasteiger partial charge in [0.15, 0.2) is 0 Å². The van der Waals surface area contributed by atoms with Crippen molar-refractivity contribution in [1.29, 1.82) is 0 Å². The van der Waals surface area contributed by atoms with Gasteiger partial charge < -0.3 is 0 Å². The number of thiophene rings is 1. The number of allylic oxidation sites excluding steroid dienone is 1. The SMILES string of the molecule is C=CC(C)Cc1ccc(CCC)s1. The summed E-state index contributed by atoms with van der Waals surface area (Å²) >= 11 is 1.95. The number of hydrogen-bond donors (Lipinski definition) is 0. The van der Waals surface area contributed by atoms with Crippen molar-refractivity contribution in [2.45, 2.75) is 33.1 Å². The molecule has 0 spiro atoms. The first-order valence-electron chi connectivity index (χ1n) is 4.96. The van der Waals surface area contributed by atoms with Crippen LogP contribution in [-0.4, -0.2) is 0 Å². The van der Waals surface area contributed by atoms with Gasteiger partial charge >= 0.3 is 0 Å². The Balaban J connectivity index is 2.53. The lowest BCUT2D eigenvalue weighted by Gasteiger charge is -2.01. The van der Waals surface area contributed by atoms with Crippen LogP contribution in [0.15, 0.2) is 24.8 Å². The summed E-state index contributed by atoms with van der Waals surface area (Å²) in [7, 11) is 0. The van der Waals surface area contributed by atoms with Crippen LogP contribution < -0.4 is 0 Å². The molecule has 1 rings (SSSR count). The maximum atomic E-state index is 3.80. The molecule has 1 heterocycles. The zero-order chi connectivity index (χ0) is 9.68. The molecule has 0 fully saturated rings. The average molecular weight is 194 g/mol. The van der Waals surface area contributed by atoms with Crippen LogP contribution in [0.4, 0.5) is 0 Å². The van der Waals surface area contributed by atoms with E-state index in [4.69, 9.17) is 0 Å². The third-order valence-corrected chi connectivity index (χ3v) is 3.31. The molecule has 0 aliphatic rings. The van der Waals surface area contributed by atoms with Gasteiger partial charge in [0.25, 0.3) is 0 Å². The molecule has 1 atom stereocenters. The number of aryl methyl sites for hydroxylation is 1. The fourth-order valence-corrected chi connectivity index (χ4v) is 2.57. The van der Waals surface area contributed by atoms with Crippen molar-refractivity contribution in [2.75, 3.05) is 0 Å². The Labute approximate surface area is 85.3 Å². The molecule has 0 bridgehead atoms. The van der Waals surface area contributed by atoms with Gasteiger partial charge in [-0.1, -0.05) is 26.3 Å². The molecule has 1 aromatic heterocycles. The van der Waals surface area contributed by atoms with Crippen LogP contribution in [-0.2, 0) is 12.8 Å². The van der Waals surface area contributed by atoms with Crippen LogP contribution in [0.5, 0.6) is 0 Å². The summed E-state index contributed by atoms with van der Waals surface area (Å²) in [6.07, 6.45) is 5.65. The van der Waals surface area contributed by atoms with E-state index in [9.17, 15) is 0 Å². The van der Waals surface area contributed by atoms with Gasteiger partial charge in [0.2, 0.25) is 0 Å². The smallest absolute Gasteiger partial charge is 0.00539 e. The lowest BCUT2D eigenvalue weighted by Crippen LogP contribution is -1.91. The van der Waals surface area contributed by atoms with Crippen molar-refractivity contribution in [1.82, 2.24) is 0 Å². The van der Waals surface area contributed by atoms with E-state index in [2.05, 4.69) is 32.6 Å². The van der Waals surface area contributed by atoms with Gasteiger partial charge in [-0.3, -0.25) is 0 Å². The lowest BCUT2D eigenvalue weighted by atomic mass is 10.1. The molecule has 0 aliphatic heterocycles. The number of hydrogen-bond acceptors (Lipinski definition) is 1. The second-order valence-electron chi connectivity index (χ2n) is 3.54. The van der Waals surface area contributed by atoms with Crippen molar-refractivity contribution in [2.24, 2.45) is 5.92 Å². The van der Waals surface area contributed by atoms with Crippen LogP contribution in [0.3, 0.4) is 0 Å². The molecule has 0 aromatic carbocycles. The highest BCUT2D eigenvalue weighted by atomic mass is 32.1. The van der Waals surface area contributed by atoms with Crippen molar-refractivity contribution in [3.8, 4) is 0 Å². The lowest BCUT2D eigenvalue weighted by molar-refractivity contribution is 0.735. The van der Waals surface area contributed by atoms with E-state index in [0.717, 1.165) is 6.42 Å². The van der Waals surface area contributed by atoms with E-state index in [1.165, 1.54) is 22.6 Å². The second kappa shape index (κ2) is 5.23. The minimum Gasteiger partial charge on any atom is -0.145 e. The third kappa shape index (κ3) is 3.35. The first-order valence-corrected chi connectivity index (χ1v) is 5.78. The van der Waals surface area contributed by atoms with Gasteiger partial charge in [-0.05, 0) is 30.9 Å². The first-order chi connectivity index (χ1) is 6.26. The maximum absolute atomic E-state index is 3.80. The van der Waals surface area contributed by atoms with Crippen LogP contribution >= 0.6 is 11.3 Å². The van der Waals surface area contributed by atoms with Crippen molar-refractivity contribution < 1.29 is 0 Å².